The van der Waals surface area contributed by atoms with E-state index in [2.05, 4.69) is 135 Å². The maximum absolute atomic E-state index is 3.00. The zero-order valence-electron chi connectivity index (χ0n) is 19.5. The van der Waals surface area contributed by atoms with E-state index < -0.39 is 34.5 Å². The van der Waals surface area contributed by atoms with Crippen molar-refractivity contribution in [1.29, 1.82) is 0 Å². The van der Waals surface area contributed by atoms with Crippen LogP contribution in [0.2, 0.25) is 45.4 Å². The second kappa shape index (κ2) is 9.24. The molecule has 2 aliphatic carbocycles. The molecule has 0 unspecified atom stereocenters. The van der Waals surface area contributed by atoms with Crippen molar-refractivity contribution in [2.75, 3.05) is 0 Å². The first-order chi connectivity index (χ1) is 14.8. The van der Waals surface area contributed by atoms with Crippen LogP contribution in [0.25, 0.3) is 0 Å². The molecular weight excluding hydrogens is 511 g/mol. The van der Waals surface area contributed by atoms with Gasteiger partial charge in [0.2, 0.25) is 0 Å². The summed E-state index contributed by atoms with van der Waals surface area (Å²) < 4.78 is 6.37. The first-order valence-corrected chi connectivity index (χ1v) is 25.1. The summed E-state index contributed by atoms with van der Waals surface area (Å²) in [6.45, 7) is 10.6. The van der Waals surface area contributed by atoms with Gasteiger partial charge in [-0.1, -0.05) is 0 Å². The van der Waals surface area contributed by atoms with Gasteiger partial charge in [0.1, 0.15) is 0 Å². The third-order valence-electron chi connectivity index (χ3n) is 7.47. The van der Waals surface area contributed by atoms with Crippen molar-refractivity contribution in [3.05, 3.63) is 109 Å². The van der Waals surface area contributed by atoms with E-state index in [9.17, 15) is 0 Å². The molecule has 0 aromatic heterocycles. The first-order valence-electron chi connectivity index (χ1n) is 11.6. The molecule has 2 aliphatic rings. The molecule has 0 saturated carbocycles. The van der Waals surface area contributed by atoms with Gasteiger partial charge in [0.15, 0.2) is 0 Å². The van der Waals surface area contributed by atoms with E-state index in [4.69, 9.17) is 0 Å². The molecule has 160 valence electrons. The third-order valence-corrected chi connectivity index (χ3v) is 49.0. The van der Waals surface area contributed by atoms with Crippen molar-refractivity contribution in [3.63, 3.8) is 0 Å². The van der Waals surface area contributed by atoms with Crippen LogP contribution in [0.3, 0.4) is 0 Å². The Hall–Kier alpha value is -1.37. The van der Waals surface area contributed by atoms with Crippen molar-refractivity contribution in [3.8, 4) is 0 Å². The van der Waals surface area contributed by atoms with Crippen molar-refractivity contribution < 1.29 is 0 Å². The van der Waals surface area contributed by atoms with Crippen LogP contribution < -0.4 is 7.16 Å². The Balaban J connectivity index is 1.86. The van der Waals surface area contributed by atoms with E-state index >= 15 is 0 Å². The van der Waals surface area contributed by atoms with Crippen molar-refractivity contribution in [2.24, 2.45) is 0 Å². The Morgan fingerprint density at radius 1 is 0.548 bits per heavy atom. The van der Waals surface area contributed by atoms with Crippen molar-refractivity contribution >= 4 is 41.7 Å². The number of hydrogen-bond donors (Lipinski definition) is 0. The van der Waals surface area contributed by atoms with Crippen LogP contribution in [0.1, 0.15) is 0 Å². The molecule has 0 atom stereocenters. The molecule has 0 amide bonds. The number of rotatable bonds is 8. The molecule has 0 radical (unpaired) electrons. The molecule has 0 saturated heterocycles. The number of benzene rings is 2. The molecule has 2 aromatic carbocycles. The van der Waals surface area contributed by atoms with Gasteiger partial charge in [-0.3, -0.25) is 0 Å². The monoisotopic (exact) mass is 548 g/mol. The predicted molar refractivity (Wildman–Crippen MR) is 147 cm³/mol. The quantitative estimate of drug-likeness (QED) is 0.322. The Kier molecular flexibility index (Phi) is 6.80. The van der Waals surface area contributed by atoms with E-state index in [1.165, 1.54) is 8.12 Å². The molecule has 0 aliphatic heterocycles. The molecule has 0 spiro atoms. The van der Waals surface area contributed by atoms with Crippen LogP contribution in [0.4, 0.5) is 0 Å². The maximum atomic E-state index is 2.65. The Morgan fingerprint density at radius 2 is 0.871 bits per heavy atom. The summed E-state index contributed by atoms with van der Waals surface area (Å²) in [7, 11) is -3.01. The summed E-state index contributed by atoms with van der Waals surface area (Å²) in [5, 5.41) is 0. The molecule has 2 aromatic rings. The summed E-state index contributed by atoms with van der Waals surface area (Å²) in [6.07, 6.45) is 19.0. The van der Waals surface area contributed by atoms with Gasteiger partial charge in [0.25, 0.3) is 0 Å². The fourth-order valence-corrected chi connectivity index (χ4v) is 59.8. The Bertz CT molecular complexity index is 892. The third kappa shape index (κ3) is 4.86. The van der Waals surface area contributed by atoms with E-state index in [0.717, 1.165) is 0 Å². The molecule has 31 heavy (non-hydrogen) atoms. The predicted octanol–water partition coefficient (Wildman–Crippen LogP) is 6.74. The summed E-state index contributed by atoms with van der Waals surface area (Å²) in [4.78, 5) is 0. The van der Waals surface area contributed by atoms with Crippen LogP contribution in [-0.2, 0) is 0 Å². The average molecular weight is 547 g/mol. The minimum atomic E-state index is -3.00. The number of hydrogen-bond acceptors (Lipinski definition) is 0. The molecule has 0 fully saturated rings. The van der Waals surface area contributed by atoms with Crippen LogP contribution in [-0.4, -0.2) is 34.5 Å². The van der Waals surface area contributed by atoms with Gasteiger partial charge in [-0.25, -0.2) is 0 Å². The summed E-state index contributed by atoms with van der Waals surface area (Å²) in [5.74, 6) is 0. The topological polar surface area (TPSA) is 0 Å². The van der Waals surface area contributed by atoms with Gasteiger partial charge >= 0.3 is 196 Å². The van der Waals surface area contributed by atoms with E-state index in [0.29, 0.717) is 11.1 Å². The molecular formula is C28H36Si2Sn. The second-order valence-electron chi connectivity index (χ2n) is 10.7. The molecule has 0 bridgehead atoms. The van der Waals surface area contributed by atoms with Gasteiger partial charge < -0.3 is 0 Å². The standard InChI is InChI=1S/2C8H13Si.2C6H5.Sn/c2*1-9(2,3)8-6-4-5-7-8;2*1-2-4-6-5-3-1;/h2*4-8H,1H2,2-3H3;2*1-5H;. The average Bonchev–Trinajstić information content (AvgIpc) is 3.49. The van der Waals surface area contributed by atoms with Gasteiger partial charge in [-0.15, -0.1) is 0 Å². The van der Waals surface area contributed by atoms with E-state index in [-0.39, 0.29) is 0 Å². The van der Waals surface area contributed by atoms with Gasteiger partial charge in [0.05, 0.1) is 0 Å². The molecule has 4 rings (SSSR count). The van der Waals surface area contributed by atoms with Crippen LogP contribution in [0.5, 0.6) is 0 Å². The Morgan fingerprint density at radius 3 is 1.19 bits per heavy atom. The number of allylic oxidation sites excluding steroid dienone is 8. The second-order valence-corrected chi connectivity index (χ2v) is 36.3. The summed E-state index contributed by atoms with van der Waals surface area (Å²) in [5.41, 5.74) is 1.35. The fourth-order valence-electron chi connectivity index (χ4n) is 5.85. The van der Waals surface area contributed by atoms with Crippen LogP contribution in [0, 0.1) is 0 Å². The fraction of sp³-hybridized carbons (Fsp3) is 0.286. The molecule has 0 N–H and O–H groups in total. The summed E-state index contributed by atoms with van der Waals surface area (Å²) in [6, 6.07) is 23.5. The van der Waals surface area contributed by atoms with Crippen molar-refractivity contribution in [1.82, 2.24) is 0 Å². The Labute approximate surface area is 195 Å². The zero-order valence-corrected chi connectivity index (χ0v) is 24.3. The normalized spacial score (nSPS) is 17.2. The van der Waals surface area contributed by atoms with Gasteiger partial charge in [-0.05, 0) is 0 Å². The van der Waals surface area contributed by atoms with Gasteiger partial charge in [0, 0.05) is 0 Å². The van der Waals surface area contributed by atoms with Crippen LogP contribution in [0.15, 0.2) is 109 Å². The zero-order chi connectivity index (χ0) is 22.0. The SMILES string of the molecule is C[Si](C)([CH2][Sn]([CH2][Si](C)(C)C1C=CC=C1)([c]1ccccc1)[c]1ccccc1)C1C=CC=C1. The van der Waals surface area contributed by atoms with Crippen LogP contribution >= 0.6 is 0 Å². The molecule has 3 heteroatoms. The first kappa shape index (κ1) is 22.8. The van der Waals surface area contributed by atoms with Gasteiger partial charge in [-0.2, -0.15) is 0 Å². The minimum absolute atomic E-state index is 0.673. The van der Waals surface area contributed by atoms with E-state index in [1.54, 1.807) is 7.16 Å². The molecule has 0 heterocycles. The molecule has 0 nitrogen and oxygen atoms in total. The van der Waals surface area contributed by atoms with E-state index in [1.807, 2.05) is 0 Å². The van der Waals surface area contributed by atoms with Crippen molar-refractivity contribution in [2.45, 2.75) is 45.4 Å². The summed E-state index contributed by atoms with van der Waals surface area (Å²) >= 11 is -3.00.